The molecule has 5 nitrogen and oxygen atoms in total. The zero-order valence-electron chi connectivity index (χ0n) is 13.9. The Bertz CT molecular complexity index is 750. The van der Waals surface area contributed by atoms with Crippen molar-refractivity contribution in [3.05, 3.63) is 47.5 Å². The minimum absolute atomic E-state index is 0.361. The third-order valence-corrected chi connectivity index (χ3v) is 4.63. The van der Waals surface area contributed by atoms with Crippen molar-refractivity contribution in [3.63, 3.8) is 0 Å². The number of hydrogen-bond donors (Lipinski definition) is 2. The van der Waals surface area contributed by atoms with Gasteiger partial charge in [0.1, 0.15) is 17.1 Å². The highest BCUT2D eigenvalue weighted by Crippen LogP contribution is 2.30. The van der Waals surface area contributed by atoms with Crippen LogP contribution >= 0.6 is 0 Å². The van der Waals surface area contributed by atoms with Crippen LogP contribution in [0.5, 0.6) is 0 Å². The second kappa shape index (κ2) is 6.36. The van der Waals surface area contributed by atoms with Crippen LogP contribution in [0, 0.1) is 12.7 Å². The number of rotatable bonds is 4. The first-order chi connectivity index (χ1) is 11.4. The fraction of sp³-hybridized carbons (Fsp3) is 0.444. The van der Waals surface area contributed by atoms with E-state index < -0.39 is 11.4 Å². The van der Waals surface area contributed by atoms with Gasteiger partial charge in [-0.15, -0.1) is 0 Å². The van der Waals surface area contributed by atoms with Crippen LogP contribution in [-0.2, 0) is 4.79 Å². The molecule has 1 amide bonds. The number of halogens is 1. The molecule has 1 aromatic heterocycles. The topological polar surface area (TPSA) is 67.2 Å². The number of carbonyl (C=O) groups excluding carboxylic acids is 1. The third-order valence-electron chi connectivity index (χ3n) is 4.63. The lowest BCUT2D eigenvalue weighted by molar-refractivity contribution is -0.139. The summed E-state index contributed by atoms with van der Waals surface area (Å²) in [6.45, 7) is 3.67. The van der Waals surface area contributed by atoms with Gasteiger partial charge in [-0.25, -0.2) is 9.07 Å². The van der Waals surface area contributed by atoms with Crippen molar-refractivity contribution < 1.29 is 14.3 Å². The fourth-order valence-electron chi connectivity index (χ4n) is 3.12. The molecule has 1 aliphatic rings. The average Bonchev–Trinajstić information content (AvgIpc) is 3.16. The summed E-state index contributed by atoms with van der Waals surface area (Å²) < 4.78 is 15.9. The molecule has 1 aromatic carbocycles. The molecule has 0 radical (unpaired) electrons. The van der Waals surface area contributed by atoms with Gasteiger partial charge in [0, 0.05) is 6.20 Å². The van der Waals surface area contributed by atoms with Crippen LogP contribution in [0.2, 0.25) is 0 Å². The standard InChI is InChI=1S/C18H22FN3O2/c1-12-10-20-22(11-12)16-6-5-14(9-15(16)19)13(2)21-17(23)18(24)7-3-4-8-18/h5-6,9-11,13,24H,3-4,7-8H2,1-2H3,(H,21,23). The summed E-state index contributed by atoms with van der Waals surface area (Å²) in [4.78, 5) is 12.3. The zero-order valence-corrected chi connectivity index (χ0v) is 13.9. The Kier molecular flexibility index (Phi) is 4.41. The predicted octanol–water partition coefficient (Wildman–Crippen LogP) is 2.80. The van der Waals surface area contributed by atoms with Gasteiger partial charge in [0.05, 0.1) is 12.2 Å². The number of aryl methyl sites for hydroxylation is 1. The number of benzene rings is 1. The molecule has 2 N–H and O–H groups in total. The van der Waals surface area contributed by atoms with Gasteiger partial charge in [-0.05, 0) is 62.8 Å². The molecule has 0 spiro atoms. The number of aromatic nitrogens is 2. The molecular formula is C18H22FN3O2. The Morgan fingerprint density at radius 1 is 1.42 bits per heavy atom. The van der Waals surface area contributed by atoms with E-state index in [-0.39, 0.29) is 11.9 Å². The smallest absolute Gasteiger partial charge is 0.252 e. The van der Waals surface area contributed by atoms with E-state index in [2.05, 4.69) is 10.4 Å². The van der Waals surface area contributed by atoms with Gasteiger partial charge in [0.2, 0.25) is 0 Å². The SMILES string of the molecule is Cc1cnn(-c2ccc(C(C)NC(=O)C3(O)CCCC3)cc2F)c1. The Balaban J connectivity index is 1.75. The highest BCUT2D eigenvalue weighted by molar-refractivity contribution is 5.85. The molecule has 0 saturated heterocycles. The van der Waals surface area contributed by atoms with Crippen molar-refractivity contribution in [2.75, 3.05) is 0 Å². The summed E-state index contributed by atoms with van der Waals surface area (Å²) in [5.74, 6) is -0.782. The molecule has 1 atom stereocenters. The van der Waals surface area contributed by atoms with Crippen LogP contribution in [0.1, 0.15) is 49.8 Å². The van der Waals surface area contributed by atoms with Crippen molar-refractivity contribution in [3.8, 4) is 5.69 Å². The van der Waals surface area contributed by atoms with Crippen LogP contribution in [0.15, 0.2) is 30.6 Å². The molecule has 1 unspecified atom stereocenters. The van der Waals surface area contributed by atoms with Gasteiger partial charge in [0.25, 0.3) is 5.91 Å². The van der Waals surface area contributed by atoms with Gasteiger partial charge in [-0.1, -0.05) is 6.07 Å². The number of aliphatic hydroxyl groups is 1. The van der Waals surface area contributed by atoms with E-state index in [9.17, 15) is 14.3 Å². The largest absolute Gasteiger partial charge is 0.380 e. The van der Waals surface area contributed by atoms with Crippen LogP contribution in [-0.4, -0.2) is 26.4 Å². The highest BCUT2D eigenvalue weighted by atomic mass is 19.1. The number of nitrogens with zero attached hydrogens (tertiary/aromatic N) is 2. The van der Waals surface area contributed by atoms with Crippen LogP contribution < -0.4 is 5.32 Å². The maximum absolute atomic E-state index is 14.4. The van der Waals surface area contributed by atoms with E-state index in [1.807, 2.05) is 6.92 Å². The van der Waals surface area contributed by atoms with E-state index in [1.54, 1.807) is 31.5 Å². The van der Waals surface area contributed by atoms with Crippen LogP contribution in [0.4, 0.5) is 4.39 Å². The molecule has 3 rings (SSSR count). The second-order valence-corrected chi connectivity index (χ2v) is 6.61. The maximum atomic E-state index is 14.4. The quantitative estimate of drug-likeness (QED) is 0.905. The Morgan fingerprint density at radius 2 is 2.12 bits per heavy atom. The fourth-order valence-corrected chi connectivity index (χ4v) is 3.12. The molecule has 24 heavy (non-hydrogen) atoms. The molecule has 1 heterocycles. The Morgan fingerprint density at radius 3 is 2.71 bits per heavy atom. The van der Waals surface area contributed by atoms with Gasteiger partial charge >= 0.3 is 0 Å². The summed E-state index contributed by atoms with van der Waals surface area (Å²) in [6.07, 6.45) is 6.09. The first-order valence-corrected chi connectivity index (χ1v) is 8.23. The summed E-state index contributed by atoms with van der Waals surface area (Å²) in [5, 5.41) is 17.2. The lowest BCUT2D eigenvalue weighted by Crippen LogP contribution is -2.45. The van der Waals surface area contributed by atoms with E-state index in [4.69, 9.17) is 0 Å². The number of nitrogens with one attached hydrogen (secondary N) is 1. The summed E-state index contributed by atoms with van der Waals surface area (Å²) in [7, 11) is 0. The van der Waals surface area contributed by atoms with Gasteiger partial charge in [-0.3, -0.25) is 4.79 Å². The number of hydrogen-bond acceptors (Lipinski definition) is 3. The van der Waals surface area contributed by atoms with Crippen molar-refractivity contribution >= 4 is 5.91 Å². The Labute approximate surface area is 140 Å². The van der Waals surface area contributed by atoms with Crippen molar-refractivity contribution in [2.45, 2.75) is 51.2 Å². The molecule has 0 aliphatic heterocycles. The van der Waals surface area contributed by atoms with E-state index in [0.717, 1.165) is 18.4 Å². The molecule has 2 aromatic rings. The minimum atomic E-state index is -1.28. The summed E-state index contributed by atoms with van der Waals surface area (Å²) >= 11 is 0. The van der Waals surface area contributed by atoms with E-state index in [1.165, 1.54) is 10.7 Å². The maximum Gasteiger partial charge on any atom is 0.252 e. The number of carbonyl (C=O) groups is 1. The molecule has 6 heteroatoms. The van der Waals surface area contributed by atoms with Crippen molar-refractivity contribution in [1.29, 1.82) is 0 Å². The van der Waals surface area contributed by atoms with Gasteiger partial charge in [-0.2, -0.15) is 5.10 Å². The van der Waals surface area contributed by atoms with Gasteiger partial charge < -0.3 is 10.4 Å². The normalized spacial score (nSPS) is 17.7. The lowest BCUT2D eigenvalue weighted by atomic mass is 10.00. The second-order valence-electron chi connectivity index (χ2n) is 6.61. The molecule has 1 fully saturated rings. The average molecular weight is 331 g/mol. The van der Waals surface area contributed by atoms with Gasteiger partial charge in [0.15, 0.2) is 0 Å². The zero-order chi connectivity index (χ0) is 17.3. The number of amides is 1. The monoisotopic (exact) mass is 331 g/mol. The van der Waals surface area contributed by atoms with Crippen LogP contribution in [0.3, 0.4) is 0 Å². The van der Waals surface area contributed by atoms with Crippen molar-refractivity contribution in [2.24, 2.45) is 0 Å². The molecular weight excluding hydrogens is 309 g/mol. The molecule has 0 bridgehead atoms. The first-order valence-electron chi connectivity index (χ1n) is 8.23. The lowest BCUT2D eigenvalue weighted by Gasteiger charge is -2.24. The molecule has 128 valence electrons. The minimum Gasteiger partial charge on any atom is -0.380 e. The molecule has 1 aliphatic carbocycles. The summed E-state index contributed by atoms with van der Waals surface area (Å²) in [5.41, 5.74) is 0.679. The van der Waals surface area contributed by atoms with E-state index >= 15 is 0 Å². The summed E-state index contributed by atoms with van der Waals surface area (Å²) in [6, 6.07) is 4.42. The van der Waals surface area contributed by atoms with Crippen LogP contribution in [0.25, 0.3) is 5.69 Å². The van der Waals surface area contributed by atoms with E-state index in [0.29, 0.717) is 24.1 Å². The predicted molar refractivity (Wildman–Crippen MR) is 88.2 cm³/mol. The highest BCUT2D eigenvalue weighted by Gasteiger charge is 2.39. The third kappa shape index (κ3) is 3.19. The first kappa shape index (κ1) is 16.6. The Hall–Kier alpha value is -2.21. The molecule has 1 saturated carbocycles. The van der Waals surface area contributed by atoms with Crippen molar-refractivity contribution in [1.82, 2.24) is 15.1 Å².